The van der Waals surface area contributed by atoms with Gasteiger partial charge in [-0.05, 0) is 19.8 Å². The van der Waals surface area contributed by atoms with Crippen molar-refractivity contribution in [2.45, 2.75) is 39.2 Å². The Morgan fingerprint density at radius 1 is 1.56 bits per heavy atom. The zero-order valence-corrected chi connectivity index (χ0v) is 10.7. The van der Waals surface area contributed by atoms with Crippen molar-refractivity contribution in [2.75, 3.05) is 5.32 Å². The summed E-state index contributed by atoms with van der Waals surface area (Å²) in [4.78, 5) is 14.4. The van der Waals surface area contributed by atoms with E-state index < -0.39 is 4.92 Å². The average molecular weight is 248 g/mol. The fraction of sp³-hybridized carbons (Fsp3) is 0.500. The highest BCUT2D eigenvalue weighted by Crippen LogP contribution is 2.28. The molecule has 0 spiro atoms. The van der Waals surface area contributed by atoms with Crippen molar-refractivity contribution >= 4 is 11.5 Å². The molecule has 0 radical (unpaired) electrons. The van der Waals surface area contributed by atoms with Crippen LogP contribution in [0, 0.1) is 21.4 Å². The number of hydrogen-bond acceptors (Lipinski definition) is 5. The Labute approximate surface area is 106 Å². The molecule has 0 amide bonds. The summed E-state index contributed by atoms with van der Waals surface area (Å²) in [7, 11) is 0. The number of rotatable bonds is 5. The number of nitriles is 1. The smallest absolute Gasteiger partial charge is 0.312 e. The number of nitro groups is 1. The molecule has 0 aliphatic heterocycles. The fourth-order valence-corrected chi connectivity index (χ4v) is 1.46. The van der Waals surface area contributed by atoms with Gasteiger partial charge in [0.2, 0.25) is 5.82 Å². The molecule has 0 aromatic carbocycles. The van der Waals surface area contributed by atoms with E-state index in [1.807, 2.05) is 26.8 Å². The highest BCUT2D eigenvalue weighted by molar-refractivity contribution is 5.59. The lowest BCUT2D eigenvalue weighted by molar-refractivity contribution is -0.384. The van der Waals surface area contributed by atoms with E-state index in [1.165, 1.54) is 12.3 Å². The highest BCUT2D eigenvalue weighted by atomic mass is 16.6. The van der Waals surface area contributed by atoms with Gasteiger partial charge in [-0.25, -0.2) is 4.98 Å². The second-order valence-corrected chi connectivity index (χ2v) is 4.35. The molecule has 18 heavy (non-hydrogen) atoms. The largest absolute Gasteiger partial charge is 0.359 e. The molecule has 0 fully saturated rings. The second-order valence-electron chi connectivity index (χ2n) is 4.35. The van der Waals surface area contributed by atoms with Crippen molar-refractivity contribution in [1.29, 1.82) is 5.26 Å². The third-order valence-electron chi connectivity index (χ3n) is 3.17. The summed E-state index contributed by atoms with van der Waals surface area (Å²) in [6.07, 6.45) is 2.98. The Morgan fingerprint density at radius 3 is 2.61 bits per heavy atom. The molecule has 0 aliphatic rings. The lowest BCUT2D eigenvalue weighted by Crippen LogP contribution is -2.33. The van der Waals surface area contributed by atoms with Crippen LogP contribution in [-0.4, -0.2) is 15.4 Å². The van der Waals surface area contributed by atoms with Crippen LogP contribution >= 0.6 is 0 Å². The Morgan fingerprint density at radius 2 is 2.17 bits per heavy atom. The van der Waals surface area contributed by atoms with Crippen LogP contribution in [0.4, 0.5) is 11.5 Å². The van der Waals surface area contributed by atoms with Gasteiger partial charge in [-0.2, -0.15) is 5.26 Å². The van der Waals surface area contributed by atoms with Crippen LogP contribution in [0.5, 0.6) is 0 Å². The van der Waals surface area contributed by atoms with Gasteiger partial charge in [0, 0.05) is 17.8 Å². The van der Waals surface area contributed by atoms with E-state index in [1.54, 1.807) is 0 Å². The number of aromatic nitrogens is 1. The molecule has 0 bridgehead atoms. The van der Waals surface area contributed by atoms with Crippen LogP contribution in [0.25, 0.3) is 0 Å². The van der Waals surface area contributed by atoms with Crippen molar-refractivity contribution in [3.63, 3.8) is 0 Å². The lowest BCUT2D eigenvalue weighted by atomic mass is 9.95. The van der Waals surface area contributed by atoms with E-state index in [9.17, 15) is 10.1 Å². The van der Waals surface area contributed by atoms with E-state index in [-0.39, 0.29) is 22.6 Å². The first-order valence-corrected chi connectivity index (χ1v) is 5.78. The Balaban J connectivity index is 3.17. The minimum Gasteiger partial charge on any atom is -0.359 e. The first-order chi connectivity index (χ1) is 8.45. The van der Waals surface area contributed by atoms with Gasteiger partial charge in [0.25, 0.3) is 0 Å². The SMILES string of the molecule is CCC(C)(CC)Nc1ncc(C#N)cc1[N+](=O)[O-]. The van der Waals surface area contributed by atoms with Crippen molar-refractivity contribution in [2.24, 2.45) is 0 Å². The number of anilines is 1. The van der Waals surface area contributed by atoms with Crippen LogP contribution in [0.2, 0.25) is 0 Å². The predicted octanol–water partition coefficient (Wildman–Crippen LogP) is 2.85. The van der Waals surface area contributed by atoms with E-state index in [2.05, 4.69) is 10.3 Å². The summed E-state index contributed by atoms with van der Waals surface area (Å²) < 4.78 is 0. The molecule has 0 atom stereocenters. The predicted molar refractivity (Wildman–Crippen MR) is 68.2 cm³/mol. The van der Waals surface area contributed by atoms with Gasteiger partial charge in [-0.15, -0.1) is 0 Å². The van der Waals surface area contributed by atoms with E-state index in [0.717, 1.165) is 12.8 Å². The van der Waals surface area contributed by atoms with E-state index in [4.69, 9.17) is 5.26 Å². The molecular weight excluding hydrogens is 232 g/mol. The first kappa shape index (κ1) is 13.9. The highest BCUT2D eigenvalue weighted by Gasteiger charge is 2.25. The van der Waals surface area contributed by atoms with E-state index >= 15 is 0 Å². The lowest BCUT2D eigenvalue weighted by Gasteiger charge is -2.28. The van der Waals surface area contributed by atoms with Gasteiger partial charge < -0.3 is 5.32 Å². The number of pyridine rings is 1. The van der Waals surface area contributed by atoms with Gasteiger partial charge in [0.15, 0.2) is 0 Å². The maximum atomic E-state index is 11.0. The summed E-state index contributed by atoms with van der Waals surface area (Å²) in [5.74, 6) is 0.213. The normalized spacial score (nSPS) is 10.8. The molecule has 0 saturated heterocycles. The van der Waals surface area contributed by atoms with Gasteiger partial charge in [-0.1, -0.05) is 13.8 Å². The maximum Gasteiger partial charge on any atom is 0.312 e. The second kappa shape index (κ2) is 5.45. The molecular formula is C12H16N4O2. The van der Waals surface area contributed by atoms with Crippen molar-refractivity contribution in [1.82, 2.24) is 4.98 Å². The summed E-state index contributed by atoms with van der Waals surface area (Å²) in [5, 5.41) is 22.8. The number of nitrogens with zero attached hydrogens (tertiary/aromatic N) is 3. The molecule has 6 heteroatoms. The minimum atomic E-state index is -0.526. The van der Waals surface area contributed by atoms with Gasteiger partial charge in [0.05, 0.1) is 10.5 Å². The third-order valence-corrected chi connectivity index (χ3v) is 3.17. The topological polar surface area (TPSA) is 91.8 Å². The van der Waals surface area contributed by atoms with Crippen LogP contribution in [0.15, 0.2) is 12.3 Å². The van der Waals surface area contributed by atoms with E-state index in [0.29, 0.717) is 0 Å². The van der Waals surface area contributed by atoms with Crippen LogP contribution in [0.1, 0.15) is 39.2 Å². The zero-order chi connectivity index (χ0) is 13.8. The minimum absolute atomic E-state index is 0.165. The first-order valence-electron chi connectivity index (χ1n) is 5.78. The van der Waals surface area contributed by atoms with Crippen molar-refractivity contribution in [3.05, 3.63) is 27.9 Å². The Kier molecular flexibility index (Phi) is 4.21. The van der Waals surface area contributed by atoms with Gasteiger partial charge in [-0.3, -0.25) is 10.1 Å². The molecule has 96 valence electrons. The quantitative estimate of drug-likeness (QED) is 0.639. The Hall–Kier alpha value is -2.16. The van der Waals surface area contributed by atoms with Crippen LogP contribution in [0.3, 0.4) is 0 Å². The average Bonchev–Trinajstić information content (AvgIpc) is 2.38. The van der Waals surface area contributed by atoms with Crippen LogP contribution in [-0.2, 0) is 0 Å². The summed E-state index contributed by atoms with van der Waals surface area (Å²) in [6.45, 7) is 5.99. The molecule has 1 heterocycles. The standard InChI is InChI=1S/C12H16N4O2/c1-4-12(3,5-2)15-11-10(16(17)18)6-9(7-13)8-14-11/h6,8H,4-5H2,1-3H3,(H,14,15). The molecule has 1 rings (SSSR count). The Bertz CT molecular complexity index is 489. The van der Waals surface area contributed by atoms with Gasteiger partial charge >= 0.3 is 5.69 Å². The molecule has 1 aromatic heterocycles. The fourth-order valence-electron chi connectivity index (χ4n) is 1.46. The summed E-state index contributed by atoms with van der Waals surface area (Å²) in [6, 6.07) is 3.08. The molecule has 0 saturated carbocycles. The third kappa shape index (κ3) is 2.94. The summed E-state index contributed by atoms with van der Waals surface area (Å²) >= 11 is 0. The molecule has 0 aliphatic carbocycles. The maximum absolute atomic E-state index is 11.0. The van der Waals surface area contributed by atoms with Crippen LogP contribution < -0.4 is 5.32 Å². The zero-order valence-electron chi connectivity index (χ0n) is 10.7. The number of hydrogen-bond donors (Lipinski definition) is 1. The van der Waals surface area contributed by atoms with Crippen molar-refractivity contribution in [3.8, 4) is 6.07 Å². The molecule has 0 unspecified atom stereocenters. The monoisotopic (exact) mass is 248 g/mol. The molecule has 1 N–H and O–H groups in total. The summed E-state index contributed by atoms with van der Waals surface area (Å²) in [5.41, 5.74) is -0.226. The molecule has 6 nitrogen and oxygen atoms in total. The molecule has 1 aromatic rings. The van der Waals surface area contributed by atoms with Gasteiger partial charge in [0.1, 0.15) is 6.07 Å². The number of nitrogens with one attached hydrogen (secondary N) is 1. The van der Waals surface area contributed by atoms with Crippen molar-refractivity contribution < 1.29 is 4.92 Å².